The second-order valence-electron chi connectivity index (χ2n) is 6.30. The van der Waals surface area contributed by atoms with Crippen LogP contribution in [0.1, 0.15) is 43.0 Å². The summed E-state index contributed by atoms with van der Waals surface area (Å²) in [6.45, 7) is 5.60. The number of aryl methyl sites for hydroxylation is 1. The van der Waals surface area contributed by atoms with Crippen molar-refractivity contribution < 1.29 is 0 Å². The first kappa shape index (κ1) is 16.4. The molecule has 0 radical (unpaired) electrons. The van der Waals surface area contributed by atoms with Gasteiger partial charge in [-0.3, -0.25) is 4.98 Å². The number of aromatic amines is 1. The predicted molar refractivity (Wildman–Crippen MR) is 93.5 cm³/mol. The van der Waals surface area contributed by atoms with Gasteiger partial charge in [-0.1, -0.05) is 29.8 Å². The Balaban J connectivity index is 1.81. The summed E-state index contributed by atoms with van der Waals surface area (Å²) in [5.41, 5.74) is 1.34. The Labute approximate surface area is 140 Å². The van der Waals surface area contributed by atoms with Crippen molar-refractivity contribution in [3.8, 4) is 0 Å². The molecule has 1 atom stereocenters. The third kappa shape index (κ3) is 3.56. The van der Waals surface area contributed by atoms with Crippen LogP contribution in [0, 0.1) is 6.92 Å². The highest BCUT2D eigenvalue weighted by molar-refractivity contribution is 5.31. The van der Waals surface area contributed by atoms with Crippen LogP contribution in [0.4, 0.5) is 5.95 Å². The normalized spacial score (nSPS) is 16.8. The van der Waals surface area contributed by atoms with Crippen LogP contribution in [-0.4, -0.2) is 27.6 Å². The van der Waals surface area contributed by atoms with Crippen molar-refractivity contribution in [2.45, 2.75) is 38.8 Å². The van der Waals surface area contributed by atoms with Gasteiger partial charge in [0.2, 0.25) is 5.95 Å². The van der Waals surface area contributed by atoms with Crippen molar-refractivity contribution in [2.75, 3.05) is 18.4 Å². The lowest BCUT2D eigenvalue weighted by Crippen LogP contribution is -2.43. The molecule has 0 spiro atoms. The van der Waals surface area contributed by atoms with E-state index < -0.39 is 11.4 Å². The number of hydrogen-bond donors (Lipinski definition) is 3. The summed E-state index contributed by atoms with van der Waals surface area (Å²) >= 11 is 0. The Kier molecular flexibility index (Phi) is 4.80. The lowest BCUT2D eigenvalue weighted by atomic mass is 10.1. The average molecular weight is 329 g/mol. The molecular formula is C17H23N5O2. The van der Waals surface area contributed by atoms with E-state index in [1.54, 1.807) is 0 Å². The van der Waals surface area contributed by atoms with Crippen molar-refractivity contribution in [2.24, 2.45) is 0 Å². The maximum atomic E-state index is 12.3. The topological polar surface area (TPSA) is 91.8 Å². The summed E-state index contributed by atoms with van der Waals surface area (Å²) < 4.78 is 1.24. The standard InChI is InChI=1S/C17H23N5O2/c1-11-3-5-13(6-4-11)12(2)19-15-20-16(23)22(17(24)21-15)14-7-9-18-10-8-14/h3-6,12,14,18H,7-10H2,1-2H3,(H2,19,20,21,23,24). The summed E-state index contributed by atoms with van der Waals surface area (Å²) in [5.74, 6) is 0.211. The van der Waals surface area contributed by atoms with Gasteiger partial charge in [0.1, 0.15) is 0 Å². The zero-order valence-corrected chi connectivity index (χ0v) is 14.0. The summed E-state index contributed by atoms with van der Waals surface area (Å²) in [6, 6.07) is 7.93. The van der Waals surface area contributed by atoms with Crippen LogP contribution in [0.25, 0.3) is 0 Å². The predicted octanol–water partition coefficient (Wildman–Crippen LogP) is 1.34. The fourth-order valence-corrected chi connectivity index (χ4v) is 3.02. The summed E-state index contributed by atoms with van der Waals surface area (Å²) in [6.07, 6.45) is 1.52. The van der Waals surface area contributed by atoms with Gasteiger partial charge >= 0.3 is 11.4 Å². The van der Waals surface area contributed by atoms with Crippen molar-refractivity contribution in [3.63, 3.8) is 0 Å². The molecular weight excluding hydrogens is 306 g/mol. The zero-order chi connectivity index (χ0) is 17.1. The van der Waals surface area contributed by atoms with E-state index in [4.69, 9.17) is 0 Å². The van der Waals surface area contributed by atoms with Gasteiger partial charge in [-0.05, 0) is 45.3 Å². The van der Waals surface area contributed by atoms with Crippen LogP contribution < -0.4 is 22.0 Å². The van der Waals surface area contributed by atoms with Crippen molar-refractivity contribution in [1.29, 1.82) is 0 Å². The number of hydrogen-bond acceptors (Lipinski definition) is 5. The van der Waals surface area contributed by atoms with Gasteiger partial charge in [0.25, 0.3) is 0 Å². The van der Waals surface area contributed by atoms with Crippen LogP contribution in [-0.2, 0) is 0 Å². The highest BCUT2D eigenvalue weighted by Gasteiger charge is 2.20. The number of piperidine rings is 1. The van der Waals surface area contributed by atoms with Crippen LogP contribution in [0.5, 0.6) is 0 Å². The third-order valence-corrected chi connectivity index (χ3v) is 4.46. The van der Waals surface area contributed by atoms with Gasteiger partial charge in [0.15, 0.2) is 0 Å². The van der Waals surface area contributed by atoms with Gasteiger partial charge in [-0.2, -0.15) is 4.98 Å². The Morgan fingerprint density at radius 3 is 2.50 bits per heavy atom. The minimum absolute atomic E-state index is 0.0668. The van der Waals surface area contributed by atoms with Crippen molar-refractivity contribution >= 4 is 5.95 Å². The molecule has 1 aromatic heterocycles. The highest BCUT2D eigenvalue weighted by atomic mass is 16.2. The van der Waals surface area contributed by atoms with Crippen LogP contribution in [0.3, 0.4) is 0 Å². The molecule has 0 saturated carbocycles. The maximum Gasteiger partial charge on any atom is 0.355 e. The molecule has 3 rings (SSSR count). The van der Waals surface area contributed by atoms with Crippen molar-refractivity contribution in [1.82, 2.24) is 19.9 Å². The molecule has 0 bridgehead atoms. The number of benzene rings is 1. The van der Waals surface area contributed by atoms with Crippen LogP contribution in [0.2, 0.25) is 0 Å². The first-order chi connectivity index (χ1) is 11.5. The largest absolute Gasteiger partial charge is 0.355 e. The molecule has 1 aliphatic heterocycles. The van der Waals surface area contributed by atoms with E-state index in [2.05, 4.69) is 20.6 Å². The van der Waals surface area contributed by atoms with Gasteiger partial charge in [0, 0.05) is 6.04 Å². The van der Waals surface area contributed by atoms with Crippen LogP contribution >= 0.6 is 0 Å². The van der Waals surface area contributed by atoms with Gasteiger partial charge in [-0.25, -0.2) is 14.2 Å². The lowest BCUT2D eigenvalue weighted by molar-refractivity contribution is 0.345. The SMILES string of the molecule is Cc1ccc(C(C)Nc2nc(=O)n(C3CCNCC3)c(=O)[nH]2)cc1. The molecule has 1 saturated heterocycles. The Hall–Kier alpha value is -2.41. The minimum atomic E-state index is -0.496. The first-order valence-corrected chi connectivity index (χ1v) is 8.31. The van der Waals surface area contributed by atoms with Crippen molar-refractivity contribution in [3.05, 3.63) is 56.4 Å². The number of rotatable bonds is 4. The second-order valence-corrected chi connectivity index (χ2v) is 6.30. The fraction of sp³-hybridized carbons (Fsp3) is 0.471. The Morgan fingerprint density at radius 2 is 1.88 bits per heavy atom. The smallest absolute Gasteiger partial charge is 0.349 e. The summed E-state index contributed by atoms with van der Waals surface area (Å²) in [5, 5.41) is 6.32. The van der Waals surface area contributed by atoms with Gasteiger partial charge in [-0.15, -0.1) is 0 Å². The molecule has 3 N–H and O–H groups in total. The fourth-order valence-electron chi connectivity index (χ4n) is 3.02. The molecule has 1 fully saturated rings. The van der Waals surface area contributed by atoms with E-state index in [1.165, 1.54) is 10.1 Å². The molecule has 2 heterocycles. The number of nitrogens with one attached hydrogen (secondary N) is 3. The van der Waals surface area contributed by atoms with E-state index >= 15 is 0 Å². The lowest BCUT2D eigenvalue weighted by Gasteiger charge is -2.23. The Morgan fingerprint density at radius 1 is 1.21 bits per heavy atom. The molecule has 0 aliphatic carbocycles. The molecule has 24 heavy (non-hydrogen) atoms. The van der Waals surface area contributed by atoms with E-state index in [9.17, 15) is 9.59 Å². The minimum Gasteiger partial charge on any atom is -0.349 e. The monoisotopic (exact) mass is 329 g/mol. The quantitative estimate of drug-likeness (QED) is 0.787. The number of anilines is 1. The summed E-state index contributed by atoms with van der Waals surface area (Å²) in [4.78, 5) is 31.3. The van der Waals surface area contributed by atoms with Gasteiger partial charge in [0.05, 0.1) is 6.04 Å². The van der Waals surface area contributed by atoms with Gasteiger partial charge < -0.3 is 10.6 Å². The molecule has 2 aromatic rings. The van der Waals surface area contributed by atoms with E-state index in [0.717, 1.165) is 31.5 Å². The molecule has 0 amide bonds. The number of H-pyrrole nitrogens is 1. The van der Waals surface area contributed by atoms with Crippen LogP contribution in [0.15, 0.2) is 33.9 Å². The third-order valence-electron chi connectivity index (χ3n) is 4.46. The molecule has 1 aliphatic rings. The first-order valence-electron chi connectivity index (χ1n) is 8.31. The summed E-state index contributed by atoms with van der Waals surface area (Å²) in [7, 11) is 0. The second kappa shape index (κ2) is 7.00. The van der Waals surface area contributed by atoms with E-state index in [-0.39, 0.29) is 18.0 Å². The van der Waals surface area contributed by atoms with E-state index in [0.29, 0.717) is 0 Å². The maximum absolute atomic E-state index is 12.3. The molecule has 7 nitrogen and oxygen atoms in total. The molecule has 128 valence electrons. The Bertz CT molecular complexity index is 772. The zero-order valence-electron chi connectivity index (χ0n) is 14.0. The average Bonchev–Trinajstić information content (AvgIpc) is 2.55. The highest BCUT2D eigenvalue weighted by Crippen LogP contribution is 2.17. The number of nitrogens with zero attached hydrogens (tertiary/aromatic N) is 2. The molecule has 1 aromatic carbocycles. The molecule has 1 unspecified atom stereocenters. The molecule has 7 heteroatoms. The number of aromatic nitrogens is 3. The van der Waals surface area contributed by atoms with E-state index in [1.807, 2.05) is 38.1 Å².